The van der Waals surface area contributed by atoms with Crippen LogP contribution in [-0.2, 0) is 9.53 Å². The molecule has 0 atom stereocenters. The quantitative estimate of drug-likeness (QED) is 0.405. The number of amides is 2. The van der Waals surface area contributed by atoms with Gasteiger partial charge in [0.15, 0.2) is 5.16 Å². The van der Waals surface area contributed by atoms with Crippen LogP contribution in [0.15, 0.2) is 52.5 Å². The van der Waals surface area contributed by atoms with Gasteiger partial charge in [-0.15, -0.1) is 0 Å². The van der Waals surface area contributed by atoms with Gasteiger partial charge in [-0.25, -0.2) is 19.3 Å². The maximum atomic E-state index is 13.3. The lowest BCUT2D eigenvalue weighted by Gasteiger charge is -2.35. The Bertz CT molecular complexity index is 1290. The third kappa shape index (κ3) is 5.82. The zero-order valence-corrected chi connectivity index (χ0v) is 21.2. The number of carbonyl (C=O) groups excluding carboxylic acids is 2. The highest BCUT2D eigenvalue weighted by Crippen LogP contribution is 2.21. The molecule has 10 heteroatoms. The molecule has 9 nitrogen and oxygen atoms in total. The van der Waals surface area contributed by atoms with Crippen molar-refractivity contribution >= 4 is 34.7 Å². The summed E-state index contributed by atoms with van der Waals surface area (Å²) in [4.78, 5) is 51.0. The molecule has 2 amide bonds. The van der Waals surface area contributed by atoms with Crippen LogP contribution in [0.5, 0.6) is 0 Å². The average molecular weight is 496 g/mol. The number of rotatable bonds is 4. The summed E-state index contributed by atoms with van der Waals surface area (Å²) in [6.07, 6.45) is 1.33. The van der Waals surface area contributed by atoms with E-state index in [-0.39, 0.29) is 23.3 Å². The SMILES string of the molecule is Cc1ccc(-n2c(SCC(=O)N3CCN(C(=O)OC(C)(C)C)CC3)nc3ccccc3c2=O)nc1. The largest absolute Gasteiger partial charge is 0.444 e. The summed E-state index contributed by atoms with van der Waals surface area (Å²) < 4.78 is 6.88. The van der Waals surface area contributed by atoms with Crippen molar-refractivity contribution in [3.8, 4) is 5.82 Å². The van der Waals surface area contributed by atoms with E-state index in [0.29, 0.717) is 48.1 Å². The molecule has 184 valence electrons. The number of thioether (sulfide) groups is 1. The molecule has 35 heavy (non-hydrogen) atoms. The van der Waals surface area contributed by atoms with Crippen LogP contribution in [-0.4, -0.2) is 73.9 Å². The summed E-state index contributed by atoms with van der Waals surface area (Å²) in [5, 5.41) is 0.898. The molecule has 3 heterocycles. The fraction of sp³-hybridized carbons (Fsp3) is 0.400. The van der Waals surface area contributed by atoms with Gasteiger partial charge < -0.3 is 14.5 Å². The van der Waals surface area contributed by atoms with Crippen molar-refractivity contribution in [2.45, 2.75) is 38.5 Å². The first kappa shape index (κ1) is 24.7. The molecule has 0 spiro atoms. The maximum absolute atomic E-state index is 13.3. The van der Waals surface area contributed by atoms with Crippen molar-refractivity contribution in [3.05, 3.63) is 58.5 Å². The van der Waals surface area contributed by atoms with Crippen molar-refractivity contribution in [2.24, 2.45) is 0 Å². The van der Waals surface area contributed by atoms with E-state index < -0.39 is 5.60 Å². The van der Waals surface area contributed by atoms with Gasteiger partial charge in [0.2, 0.25) is 5.91 Å². The molecule has 2 aromatic heterocycles. The van der Waals surface area contributed by atoms with Crippen LogP contribution in [0.1, 0.15) is 26.3 Å². The highest BCUT2D eigenvalue weighted by Gasteiger charge is 2.28. The lowest BCUT2D eigenvalue weighted by atomic mass is 10.2. The van der Waals surface area contributed by atoms with Gasteiger partial charge in [-0.3, -0.25) is 9.59 Å². The number of pyridine rings is 1. The standard InChI is InChI=1S/C25H29N5O4S/c1-17-9-10-20(26-15-17)30-22(32)18-7-5-6-8-19(18)27-23(30)35-16-21(31)28-11-13-29(14-12-28)24(33)34-25(2,3)4/h5-10,15H,11-14,16H2,1-4H3. The second-order valence-electron chi connectivity index (χ2n) is 9.38. The van der Waals surface area contributed by atoms with Gasteiger partial charge in [0.05, 0.1) is 16.7 Å². The lowest BCUT2D eigenvalue weighted by Crippen LogP contribution is -2.52. The van der Waals surface area contributed by atoms with E-state index in [1.54, 1.807) is 40.3 Å². The Balaban J connectivity index is 1.49. The minimum absolute atomic E-state index is 0.0790. The van der Waals surface area contributed by atoms with E-state index in [0.717, 1.165) is 5.56 Å². The number of para-hydroxylation sites is 1. The van der Waals surface area contributed by atoms with Gasteiger partial charge in [0.1, 0.15) is 11.4 Å². The third-order valence-corrected chi connectivity index (χ3v) is 6.40. The number of fused-ring (bicyclic) bond motifs is 1. The molecule has 4 rings (SSSR count). The van der Waals surface area contributed by atoms with E-state index in [9.17, 15) is 14.4 Å². The zero-order chi connectivity index (χ0) is 25.2. The Morgan fingerprint density at radius 1 is 1.03 bits per heavy atom. The van der Waals surface area contributed by atoms with Crippen LogP contribution in [0, 0.1) is 6.92 Å². The van der Waals surface area contributed by atoms with Crippen LogP contribution >= 0.6 is 11.8 Å². The molecule has 0 aliphatic carbocycles. The molecular formula is C25H29N5O4S. The van der Waals surface area contributed by atoms with E-state index >= 15 is 0 Å². The van der Waals surface area contributed by atoms with Crippen LogP contribution in [0.2, 0.25) is 0 Å². The summed E-state index contributed by atoms with van der Waals surface area (Å²) in [6, 6.07) is 10.8. The highest BCUT2D eigenvalue weighted by molar-refractivity contribution is 7.99. The first-order valence-corrected chi connectivity index (χ1v) is 12.4. The number of hydrogen-bond acceptors (Lipinski definition) is 7. The van der Waals surface area contributed by atoms with Crippen LogP contribution in [0.25, 0.3) is 16.7 Å². The van der Waals surface area contributed by atoms with Crippen LogP contribution in [0.3, 0.4) is 0 Å². The fourth-order valence-electron chi connectivity index (χ4n) is 3.69. The molecule has 0 saturated carbocycles. The Morgan fingerprint density at radius 3 is 2.37 bits per heavy atom. The Hall–Kier alpha value is -3.40. The maximum Gasteiger partial charge on any atom is 0.410 e. The fourth-order valence-corrected chi connectivity index (χ4v) is 4.59. The van der Waals surface area contributed by atoms with Crippen molar-refractivity contribution in [1.29, 1.82) is 0 Å². The van der Waals surface area contributed by atoms with Gasteiger partial charge in [-0.2, -0.15) is 0 Å². The van der Waals surface area contributed by atoms with Crippen molar-refractivity contribution in [2.75, 3.05) is 31.9 Å². The van der Waals surface area contributed by atoms with E-state index in [2.05, 4.69) is 9.97 Å². The number of aromatic nitrogens is 3. The number of ether oxygens (including phenoxy) is 1. The number of aryl methyl sites for hydroxylation is 1. The smallest absolute Gasteiger partial charge is 0.410 e. The summed E-state index contributed by atoms with van der Waals surface area (Å²) in [7, 11) is 0. The molecule has 1 aliphatic rings. The molecule has 0 unspecified atom stereocenters. The first-order chi connectivity index (χ1) is 16.6. The van der Waals surface area contributed by atoms with E-state index in [1.165, 1.54) is 16.3 Å². The van der Waals surface area contributed by atoms with E-state index in [4.69, 9.17) is 4.74 Å². The van der Waals surface area contributed by atoms with E-state index in [1.807, 2.05) is 39.8 Å². The molecule has 0 N–H and O–H groups in total. The van der Waals surface area contributed by atoms with Gasteiger partial charge in [0, 0.05) is 32.4 Å². The van der Waals surface area contributed by atoms with Gasteiger partial charge >= 0.3 is 6.09 Å². The first-order valence-electron chi connectivity index (χ1n) is 11.5. The van der Waals surface area contributed by atoms with Crippen LogP contribution < -0.4 is 5.56 Å². The molecule has 1 saturated heterocycles. The topological polar surface area (TPSA) is 97.6 Å². The second-order valence-corrected chi connectivity index (χ2v) is 10.3. The summed E-state index contributed by atoms with van der Waals surface area (Å²) >= 11 is 1.21. The molecule has 0 bridgehead atoms. The van der Waals surface area contributed by atoms with Crippen LogP contribution in [0.4, 0.5) is 4.79 Å². The highest BCUT2D eigenvalue weighted by atomic mass is 32.2. The summed E-state index contributed by atoms with van der Waals surface area (Å²) in [5.74, 6) is 0.493. The minimum atomic E-state index is -0.560. The van der Waals surface area contributed by atoms with Crippen molar-refractivity contribution in [1.82, 2.24) is 24.3 Å². The zero-order valence-electron chi connectivity index (χ0n) is 20.4. The predicted octanol–water partition coefficient (Wildman–Crippen LogP) is 3.26. The minimum Gasteiger partial charge on any atom is -0.444 e. The van der Waals surface area contributed by atoms with Crippen molar-refractivity contribution in [3.63, 3.8) is 0 Å². The number of hydrogen-bond donors (Lipinski definition) is 0. The molecule has 1 aromatic carbocycles. The molecule has 3 aromatic rings. The Kier molecular flexibility index (Phi) is 7.11. The molecular weight excluding hydrogens is 466 g/mol. The monoisotopic (exact) mass is 495 g/mol. The number of benzene rings is 1. The number of nitrogens with zero attached hydrogens (tertiary/aromatic N) is 5. The van der Waals surface area contributed by atoms with Gasteiger partial charge in [-0.05, 0) is 51.5 Å². The summed E-state index contributed by atoms with van der Waals surface area (Å²) in [6.45, 7) is 9.09. The Labute approximate surface area is 208 Å². The normalized spacial score (nSPS) is 14.3. The Morgan fingerprint density at radius 2 is 1.71 bits per heavy atom. The molecule has 0 radical (unpaired) electrons. The third-order valence-electron chi connectivity index (χ3n) is 5.48. The van der Waals surface area contributed by atoms with Gasteiger partial charge in [-0.1, -0.05) is 30.0 Å². The second kappa shape index (κ2) is 10.1. The van der Waals surface area contributed by atoms with Crippen molar-refractivity contribution < 1.29 is 14.3 Å². The lowest BCUT2D eigenvalue weighted by molar-refractivity contribution is -0.130. The molecule has 1 aliphatic heterocycles. The molecule has 1 fully saturated rings. The number of carbonyl (C=O) groups is 2. The summed E-state index contributed by atoms with van der Waals surface area (Å²) in [5.41, 5.74) is 0.760. The average Bonchev–Trinajstić information content (AvgIpc) is 2.82. The predicted molar refractivity (Wildman–Crippen MR) is 135 cm³/mol. The van der Waals surface area contributed by atoms with Gasteiger partial charge in [0.25, 0.3) is 5.56 Å². The number of piperazine rings is 1.